The number of hydrogen-bond donors (Lipinski definition) is 2. The number of ether oxygens (including phenoxy) is 2. The summed E-state index contributed by atoms with van der Waals surface area (Å²) in [4.78, 5) is 11.4. The van der Waals surface area contributed by atoms with Crippen molar-refractivity contribution in [2.75, 3.05) is 13.1 Å². The molecule has 2 aromatic heterocycles. The van der Waals surface area contributed by atoms with Gasteiger partial charge in [0, 0.05) is 13.1 Å². The van der Waals surface area contributed by atoms with Gasteiger partial charge in [-0.05, 0) is 6.07 Å². The molecule has 1 fully saturated rings. The number of nitrogens with one attached hydrogen (secondary N) is 2. The van der Waals surface area contributed by atoms with Crippen molar-refractivity contribution in [1.82, 2.24) is 10.6 Å². The van der Waals surface area contributed by atoms with Crippen LogP contribution in [0.2, 0.25) is 0 Å². The molecule has 1 aliphatic rings. The van der Waals surface area contributed by atoms with E-state index >= 15 is 0 Å². The molecule has 0 saturated carbocycles. The SMILES string of the molecule is O=C(Oc1coc2occc12)OC1NCCN1. The first-order chi connectivity index (χ1) is 8.33. The molecule has 0 radical (unpaired) electrons. The molecule has 7 nitrogen and oxygen atoms in total. The highest BCUT2D eigenvalue weighted by Crippen LogP contribution is 2.28. The predicted molar refractivity (Wildman–Crippen MR) is 55.4 cm³/mol. The van der Waals surface area contributed by atoms with Crippen molar-refractivity contribution in [2.45, 2.75) is 6.35 Å². The lowest BCUT2D eigenvalue weighted by Crippen LogP contribution is -2.36. The molecule has 3 rings (SSSR count). The summed E-state index contributed by atoms with van der Waals surface area (Å²) in [6.07, 6.45) is 1.44. The van der Waals surface area contributed by atoms with Crippen LogP contribution in [0.5, 0.6) is 5.75 Å². The summed E-state index contributed by atoms with van der Waals surface area (Å²) >= 11 is 0. The van der Waals surface area contributed by atoms with Crippen molar-refractivity contribution in [3.05, 3.63) is 18.6 Å². The first-order valence-corrected chi connectivity index (χ1v) is 5.13. The van der Waals surface area contributed by atoms with Gasteiger partial charge in [-0.25, -0.2) is 4.79 Å². The Balaban J connectivity index is 1.66. The van der Waals surface area contributed by atoms with Gasteiger partial charge in [0.1, 0.15) is 11.6 Å². The standard InChI is InChI=1S/C10H10N2O5/c13-10(17-9-11-2-3-12-9)16-7-5-15-8-6(7)1-4-14-8/h1,4-5,9,11-12H,2-3H2. The Morgan fingerprint density at radius 3 is 3.00 bits per heavy atom. The Morgan fingerprint density at radius 1 is 1.35 bits per heavy atom. The lowest BCUT2D eigenvalue weighted by atomic mass is 10.4. The van der Waals surface area contributed by atoms with Gasteiger partial charge in [0.15, 0.2) is 5.75 Å². The number of rotatable bonds is 2. The average Bonchev–Trinajstić information content (AvgIpc) is 2.97. The molecule has 3 heterocycles. The molecule has 0 aliphatic carbocycles. The summed E-state index contributed by atoms with van der Waals surface area (Å²) in [6.45, 7) is 1.49. The van der Waals surface area contributed by atoms with E-state index in [2.05, 4.69) is 10.6 Å². The van der Waals surface area contributed by atoms with Crippen LogP contribution in [-0.2, 0) is 4.74 Å². The van der Waals surface area contributed by atoms with Crippen LogP contribution in [0.25, 0.3) is 11.2 Å². The summed E-state index contributed by atoms with van der Waals surface area (Å²) in [6, 6.07) is 1.65. The molecule has 2 aromatic rings. The Hall–Kier alpha value is -1.99. The molecule has 1 aliphatic heterocycles. The molecule has 1 saturated heterocycles. The highest BCUT2D eigenvalue weighted by molar-refractivity contribution is 5.82. The first-order valence-electron chi connectivity index (χ1n) is 5.13. The first kappa shape index (κ1) is 10.2. The quantitative estimate of drug-likeness (QED) is 0.755. The number of carbonyl (C=O) groups excluding carboxylic acids is 1. The molecule has 2 N–H and O–H groups in total. The second-order valence-corrected chi connectivity index (χ2v) is 3.48. The molecule has 0 spiro atoms. The van der Waals surface area contributed by atoms with E-state index in [1.807, 2.05) is 0 Å². The summed E-state index contributed by atoms with van der Waals surface area (Å²) in [7, 11) is 0. The second kappa shape index (κ2) is 4.11. The van der Waals surface area contributed by atoms with Crippen LogP contribution in [0.3, 0.4) is 0 Å². The van der Waals surface area contributed by atoms with Crippen molar-refractivity contribution in [3.63, 3.8) is 0 Å². The van der Waals surface area contributed by atoms with Crippen molar-refractivity contribution in [1.29, 1.82) is 0 Å². The normalized spacial score (nSPS) is 16.5. The average molecular weight is 238 g/mol. The molecule has 0 bridgehead atoms. The smallest absolute Gasteiger partial charge is 0.433 e. The van der Waals surface area contributed by atoms with Gasteiger partial charge in [-0.15, -0.1) is 0 Å². The Kier molecular flexibility index (Phi) is 2.46. The lowest BCUT2D eigenvalue weighted by molar-refractivity contribution is 0.0423. The molecule has 90 valence electrons. The van der Waals surface area contributed by atoms with Gasteiger partial charge in [-0.2, -0.15) is 0 Å². The summed E-state index contributed by atoms with van der Waals surface area (Å²) in [5.41, 5.74) is 0. The molecular formula is C10H10N2O5. The Labute approximate surface area is 95.6 Å². The number of carbonyl (C=O) groups is 1. The third-order valence-corrected chi connectivity index (χ3v) is 2.36. The van der Waals surface area contributed by atoms with Gasteiger partial charge >= 0.3 is 11.9 Å². The minimum atomic E-state index is -0.805. The van der Waals surface area contributed by atoms with Crippen molar-refractivity contribution in [2.24, 2.45) is 0 Å². The van der Waals surface area contributed by atoms with Crippen molar-refractivity contribution < 1.29 is 23.1 Å². The van der Waals surface area contributed by atoms with Gasteiger partial charge < -0.3 is 18.3 Å². The zero-order chi connectivity index (χ0) is 11.7. The van der Waals surface area contributed by atoms with E-state index in [1.54, 1.807) is 6.07 Å². The van der Waals surface area contributed by atoms with Crippen LogP contribution in [0.15, 0.2) is 27.4 Å². The van der Waals surface area contributed by atoms with Gasteiger partial charge in [0.25, 0.3) is 0 Å². The predicted octanol–water partition coefficient (Wildman–Crippen LogP) is 1.02. The fraction of sp³-hybridized carbons (Fsp3) is 0.300. The van der Waals surface area contributed by atoms with E-state index in [0.717, 1.165) is 13.1 Å². The largest absolute Gasteiger partial charge is 0.516 e. The molecule has 0 amide bonds. The van der Waals surface area contributed by atoms with Crippen LogP contribution >= 0.6 is 0 Å². The number of hydrogen-bond acceptors (Lipinski definition) is 7. The van der Waals surface area contributed by atoms with E-state index in [-0.39, 0.29) is 5.75 Å². The summed E-state index contributed by atoms with van der Waals surface area (Å²) < 4.78 is 20.0. The minimum Gasteiger partial charge on any atom is -0.433 e. The molecular weight excluding hydrogens is 228 g/mol. The molecule has 0 atom stereocenters. The van der Waals surface area contributed by atoms with E-state index in [4.69, 9.17) is 18.3 Å². The number of furan rings is 2. The molecule has 17 heavy (non-hydrogen) atoms. The zero-order valence-electron chi connectivity index (χ0n) is 8.76. The molecule has 0 unspecified atom stereocenters. The van der Waals surface area contributed by atoms with Crippen molar-refractivity contribution in [3.8, 4) is 5.75 Å². The fourth-order valence-corrected chi connectivity index (χ4v) is 1.59. The summed E-state index contributed by atoms with van der Waals surface area (Å²) in [5, 5.41) is 6.44. The number of fused-ring (bicyclic) bond motifs is 1. The molecule has 0 aromatic carbocycles. The zero-order valence-corrected chi connectivity index (χ0v) is 8.76. The maximum absolute atomic E-state index is 11.4. The van der Waals surface area contributed by atoms with E-state index in [9.17, 15) is 4.79 Å². The third kappa shape index (κ3) is 1.97. The second-order valence-electron chi connectivity index (χ2n) is 3.48. The molecule has 7 heteroatoms. The van der Waals surface area contributed by atoms with Crippen LogP contribution < -0.4 is 15.4 Å². The maximum atomic E-state index is 11.4. The third-order valence-electron chi connectivity index (χ3n) is 2.36. The van der Waals surface area contributed by atoms with Gasteiger partial charge in [-0.3, -0.25) is 10.6 Å². The highest BCUT2D eigenvalue weighted by atomic mass is 16.7. The fourth-order valence-electron chi connectivity index (χ4n) is 1.59. The van der Waals surface area contributed by atoms with Gasteiger partial charge in [0.2, 0.25) is 6.35 Å². The van der Waals surface area contributed by atoms with Crippen LogP contribution in [-0.4, -0.2) is 25.6 Å². The van der Waals surface area contributed by atoms with Crippen LogP contribution in [0.4, 0.5) is 4.79 Å². The minimum absolute atomic E-state index is 0.275. The van der Waals surface area contributed by atoms with E-state index in [0.29, 0.717) is 11.2 Å². The Morgan fingerprint density at radius 2 is 2.18 bits per heavy atom. The maximum Gasteiger partial charge on any atom is 0.516 e. The van der Waals surface area contributed by atoms with Crippen LogP contribution in [0.1, 0.15) is 0 Å². The monoisotopic (exact) mass is 238 g/mol. The lowest BCUT2D eigenvalue weighted by Gasteiger charge is -2.10. The van der Waals surface area contributed by atoms with Gasteiger partial charge in [0.05, 0.1) is 6.26 Å². The Bertz CT molecular complexity index is 526. The van der Waals surface area contributed by atoms with Crippen LogP contribution in [0, 0.1) is 0 Å². The highest BCUT2D eigenvalue weighted by Gasteiger charge is 2.20. The topological polar surface area (TPSA) is 85.9 Å². The van der Waals surface area contributed by atoms with E-state index in [1.165, 1.54) is 12.5 Å². The summed E-state index contributed by atoms with van der Waals surface area (Å²) in [5.74, 6) is 0.585. The van der Waals surface area contributed by atoms with Crippen molar-refractivity contribution >= 4 is 17.3 Å². The van der Waals surface area contributed by atoms with Gasteiger partial charge in [-0.1, -0.05) is 0 Å². The van der Waals surface area contributed by atoms with E-state index < -0.39 is 12.5 Å².